The van der Waals surface area contributed by atoms with Crippen molar-refractivity contribution in [2.24, 2.45) is 0 Å². The van der Waals surface area contributed by atoms with Gasteiger partial charge in [-0.05, 0) is 0 Å². The molecule has 0 aliphatic heterocycles. The number of benzene rings is 1. The molecule has 0 saturated carbocycles. The van der Waals surface area contributed by atoms with E-state index in [-0.39, 0.29) is 19.5 Å². The third kappa shape index (κ3) is 2.67. The van der Waals surface area contributed by atoms with E-state index < -0.39 is 0 Å². The molecular formula is C8H9Rh-. The first kappa shape index (κ1) is 8.71. The van der Waals surface area contributed by atoms with Crippen LogP contribution >= 0.6 is 0 Å². The standard InChI is InChI=1S/C8H9.Rh/c1-2-8-6-4-3-5-7-8;/h2-7H,1H3;/q-1;. The molecule has 0 nitrogen and oxygen atoms in total. The van der Waals surface area contributed by atoms with Crippen LogP contribution in [0.1, 0.15) is 12.5 Å². The van der Waals surface area contributed by atoms with Crippen molar-refractivity contribution in [2.75, 3.05) is 0 Å². The quantitative estimate of drug-likeness (QED) is 0.490. The maximum Gasteiger partial charge on any atom is 0 e. The van der Waals surface area contributed by atoms with Crippen LogP contribution in [0.25, 0.3) is 0 Å². The van der Waals surface area contributed by atoms with Gasteiger partial charge in [0.05, 0.1) is 0 Å². The second-order valence-corrected chi connectivity index (χ2v) is 1.70. The van der Waals surface area contributed by atoms with Crippen LogP contribution in [0.3, 0.4) is 0 Å². The van der Waals surface area contributed by atoms with E-state index in [0.717, 1.165) is 0 Å². The van der Waals surface area contributed by atoms with Gasteiger partial charge in [-0.15, -0.1) is 12.1 Å². The molecule has 0 aliphatic carbocycles. The Balaban J connectivity index is 0.000000640. The topological polar surface area (TPSA) is 0 Å². The van der Waals surface area contributed by atoms with E-state index >= 15 is 0 Å². The summed E-state index contributed by atoms with van der Waals surface area (Å²) < 4.78 is 0. The molecule has 1 rings (SSSR count). The average molecular weight is 208 g/mol. The normalized spacial score (nSPS) is 7.67. The predicted octanol–water partition coefficient (Wildman–Crippen LogP) is 2.26. The molecular weight excluding hydrogens is 199 g/mol. The Morgan fingerprint density at radius 3 is 2.00 bits per heavy atom. The summed E-state index contributed by atoms with van der Waals surface area (Å²) >= 11 is 0. The summed E-state index contributed by atoms with van der Waals surface area (Å²) in [7, 11) is 0. The Kier molecular flexibility index (Phi) is 4.43. The molecule has 1 aromatic carbocycles. The second kappa shape index (κ2) is 4.58. The van der Waals surface area contributed by atoms with Gasteiger partial charge < -0.3 is 0 Å². The smallest absolute Gasteiger partial charge is 0 e. The Bertz CT molecular complexity index is 146. The molecule has 0 saturated heterocycles. The molecule has 0 unspecified atom stereocenters. The van der Waals surface area contributed by atoms with Gasteiger partial charge in [0.1, 0.15) is 0 Å². The molecule has 0 heterocycles. The van der Waals surface area contributed by atoms with Crippen molar-refractivity contribution in [2.45, 2.75) is 6.92 Å². The van der Waals surface area contributed by atoms with E-state index in [0.29, 0.717) is 0 Å². The summed E-state index contributed by atoms with van der Waals surface area (Å²) in [6, 6.07) is 10.3. The molecule has 0 bridgehead atoms. The first-order chi connectivity index (χ1) is 3.93. The summed E-state index contributed by atoms with van der Waals surface area (Å²) in [4.78, 5) is 0. The zero-order valence-corrected chi connectivity index (χ0v) is 6.94. The molecule has 1 radical (unpaired) electrons. The van der Waals surface area contributed by atoms with Gasteiger partial charge in [0.25, 0.3) is 0 Å². The van der Waals surface area contributed by atoms with Crippen LogP contribution in [-0.4, -0.2) is 0 Å². The van der Waals surface area contributed by atoms with Gasteiger partial charge in [-0.2, -0.15) is 24.1 Å². The van der Waals surface area contributed by atoms with Gasteiger partial charge in [0, 0.05) is 19.5 Å². The predicted molar refractivity (Wildman–Crippen MR) is 35.5 cm³/mol. The molecule has 0 spiro atoms. The van der Waals surface area contributed by atoms with E-state index in [1.807, 2.05) is 25.1 Å². The Labute approximate surface area is 69.0 Å². The first-order valence-corrected chi connectivity index (χ1v) is 2.78. The summed E-state index contributed by atoms with van der Waals surface area (Å²) in [5.41, 5.74) is 1.28. The summed E-state index contributed by atoms with van der Waals surface area (Å²) in [5, 5.41) is 0. The van der Waals surface area contributed by atoms with Gasteiger partial charge in [-0.25, -0.2) is 0 Å². The van der Waals surface area contributed by atoms with Crippen LogP contribution in [0.2, 0.25) is 0 Å². The van der Waals surface area contributed by atoms with Gasteiger partial charge in [0.15, 0.2) is 0 Å². The van der Waals surface area contributed by atoms with Crippen molar-refractivity contribution in [1.29, 1.82) is 0 Å². The second-order valence-electron chi connectivity index (χ2n) is 1.70. The fraction of sp³-hybridized carbons (Fsp3) is 0.125. The molecule has 9 heavy (non-hydrogen) atoms. The third-order valence-corrected chi connectivity index (χ3v) is 1.13. The molecule has 1 heteroatoms. The summed E-state index contributed by atoms with van der Waals surface area (Å²) in [6.45, 7) is 2.04. The Morgan fingerprint density at radius 1 is 1.11 bits per heavy atom. The molecule has 1 aromatic rings. The van der Waals surface area contributed by atoms with Crippen molar-refractivity contribution in [3.8, 4) is 0 Å². The van der Waals surface area contributed by atoms with Crippen molar-refractivity contribution < 1.29 is 19.5 Å². The van der Waals surface area contributed by atoms with Crippen LogP contribution in [0.15, 0.2) is 30.3 Å². The number of rotatable bonds is 1. The maximum atomic E-state index is 2.08. The van der Waals surface area contributed by atoms with Crippen LogP contribution in [0.5, 0.6) is 0 Å². The fourth-order valence-corrected chi connectivity index (χ4v) is 0.645. The van der Waals surface area contributed by atoms with Crippen molar-refractivity contribution in [3.63, 3.8) is 0 Å². The first-order valence-electron chi connectivity index (χ1n) is 2.78. The fourth-order valence-electron chi connectivity index (χ4n) is 0.645. The van der Waals surface area contributed by atoms with E-state index in [4.69, 9.17) is 0 Å². The van der Waals surface area contributed by atoms with Gasteiger partial charge in [-0.3, -0.25) is 0 Å². The molecule has 0 fully saturated rings. The van der Waals surface area contributed by atoms with Crippen molar-refractivity contribution >= 4 is 0 Å². The molecule has 0 N–H and O–H groups in total. The minimum atomic E-state index is 0. The Hall–Kier alpha value is -0.287. The van der Waals surface area contributed by atoms with E-state index in [1.165, 1.54) is 5.56 Å². The maximum absolute atomic E-state index is 2.08. The van der Waals surface area contributed by atoms with Gasteiger partial charge >= 0.3 is 0 Å². The van der Waals surface area contributed by atoms with Crippen LogP contribution in [0, 0.1) is 6.42 Å². The molecule has 0 atom stereocenters. The van der Waals surface area contributed by atoms with E-state index in [2.05, 4.69) is 18.6 Å². The van der Waals surface area contributed by atoms with Gasteiger partial charge in [-0.1, -0.05) is 13.0 Å². The van der Waals surface area contributed by atoms with Crippen LogP contribution < -0.4 is 0 Å². The number of hydrogen-bond acceptors (Lipinski definition) is 0. The van der Waals surface area contributed by atoms with Crippen LogP contribution in [-0.2, 0) is 19.5 Å². The SMILES string of the molecule is C[CH-]c1ccccc1.[Rh]. The molecule has 51 valence electrons. The average Bonchev–Trinajstić information content (AvgIpc) is 1.90. The number of hydrogen-bond donors (Lipinski definition) is 0. The van der Waals surface area contributed by atoms with Crippen LogP contribution in [0.4, 0.5) is 0 Å². The monoisotopic (exact) mass is 208 g/mol. The zero-order chi connectivity index (χ0) is 5.82. The Morgan fingerprint density at radius 2 is 1.67 bits per heavy atom. The molecule has 0 aliphatic rings. The third-order valence-electron chi connectivity index (χ3n) is 1.13. The van der Waals surface area contributed by atoms with E-state index in [9.17, 15) is 0 Å². The molecule has 0 aromatic heterocycles. The summed E-state index contributed by atoms with van der Waals surface area (Å²) in [5.74, 6) is 0. The largest absolute Gasteiger partial charge is 0.192 e. The van der Waals surface area contributed by atoms with E-state index in [1.54, 1.807) is 0 Å². The van der Waals surface area contributed by atoms with Gasteiger partial charge in [0.2, 0.25) is 0 Å². The zero-order valence-electron chi connectivity index (χ0n) is 5.30. The van der Waals surface area contributed by atoms with Crippen molar-refractivity contribution in [3.05, 3.63) is 42.3 Å². The van der Waals surface area contributed by atoms with Crippen molar-refractivity contribution in [1.82, 2.24) is 0 Å². The minimum absolute atomic E-state index is 0. The molecule has 0 amide bonds. The summed E-state index contributed by atoms with van der Waals surface area (Å²) in [6.07, 6.45) is 2.08. The minimum Gasteiger partial charge on any atom is -0.192 e.